The van der Waals surface area contributed by atoms with Crippen LogP contribution in [0.3, 0.4) is 0 Å². The molecule has 0 aliphatic carbocycles. The van der Waals surface area contributed by atoms with Gasteiger partial charge in [-0.1, -0.05) is 24.3 Å². The normalized spacial score (nSPS) is 18.5. The second-order valence-electron chi connectivity index (χ2n) is 3.97. The fraction of sp³-hybridized carbons (Fsp3) is 0.500. The smallest absolute Gasteiger partial charge is 0.0914 e. The Kier molecular flexibility index (Phi) is 3.67. The summed E-state index contributed by atoms with van der Waals surface area (Å²) < 4.78 is 0. The number of likely N-dealkylation sites (N-methyl/N-ethyl adjacent to an activating group) is 1. The Morgan fingerprint density at radius 1 is 1.40 bits per heavy atom. The average Bonchev–Trinajstić information content (AvgIpc) is 2.16. The Morgan fingerprint density at radius 2 is 2.07 bits per heavy atom. The molecule has 3 heteroatoms. The van der Waals surface area contributed by atoms with E-state index >= 15 is 0 Å². The standard InChI is InChI=1S/C12H17NOS/c1-13-6-12(14)10-4-2-9(3-5-10)11-7-15-8-11/h2-5,11-14H,6-8H2,1H3. The minimum atomic E-state index is -0.389. The number of thioether (sulfide) groups is 1. The van der Waals surface area contributed by atoms with Gasteiger partial charge in [-0.25, -0.2) is 0 Å². The van der Waals surface area contributed by atoms with Gasteiger partial charge in [0, 0.05) is 24.0 Å². The molecule has 0 spiro atoms. The van der Waals surface area contributed by atoms with Gasteiger partial charge >= 0.3 is 0 Å². The highest BCUT2D eigenvalue weighted by Crippen LogP contribution is 2.34. The number of hydrogen-bond donors (Lipinski definition) is 2. The summed E-state index contributed by atoms with van der Waals surface area (Å²) in [7, 11) is 1.85. The number of benzene rings is 1. The molecule has 2 N–H and O–H groups in total. The van der Waals surface area contributed by atoms with Crippen molar-refractivity contribution in [1.29, 1.82) is 0 Å². The third-order valence-corrected chi connectivity index (χ3v) is 4.10. The average molecular weight is 223 g/mol. The first-order valence-corrected chi connectivity index (χ1v) is 6.47. The van der Waals surface area contributed by atoms with Gasteiger partial charge in [-0.2, -0.15) is 11.8 Å². The van der Waals surface area contributed by atoms with E-state index in [9.17, 15) is 5.11 Å². The Hall–Kier alpha value is -0.510. The van der Waals surface area contributed by atoms with Crippen LogP contribution in [0.15, 0.2) is 24.3 Å². The number of aliphatic hydroxyl groups is 1. The minimum absolute atomic E-state index is 0.389. The molecule has 0 bridgehead atoms. The summed E-state index contributed by atoms with van der Waals surface area (Å²) in [6.45, 7) is 0.610. The lowest BCUT2D eigenvalue weighted by atomic mass is 9.99. The lowest BCUT2D eigenvalue weighted by Gasteiger charge is -2.25. The summed E-state index contributed by atoms with van der Waals surface area (Å²) in [5.74, 6) is 3.24. The molecule has 1 heterocycles. The summed E-state index contributed by atoms with van der Waals surface area (Å²) in [5.41, 5.74) is 2.41. The number of rotatable bonds is 4. The third-order valence-electron chi connectivity index (χ3n) is 2.83. The van der Waals surface area contributed by atoms with Gasteiger partial charge in [0.25, 0.3) is 0 Å². The molecule has 1 fully saturated rings. The molecule has 1 atom stereocenters. The van der Waals surface area contributed by atoms with Gasteiger partial charge in [-0.05, 0) is 18.2 Å². The van der Waals surface area contributed by atoms with Crippen LogP contribution in [0.2, 0.25) is 0 Å². The largest absolute Gasteiger partial charge is 0.387 e. The maximum atomic E-state index is 9.75. The highest BCUT2D eigenvalue weighted by molar-refractivity contribution is 8.00. The Labute approximate surface area is 95.1 Å². The van der Waals surface area contributed by atoms with Crippen LogP contribution in [0.4, 0.5) is 0 Å². The van der Waals surface area contributed by atoms with Gasteiger partial charge in [-0.15, -0.1) is 0 Å². The first-order chi connectivity index (χ1) is 7.31. The van der Waals surface area contributed by atoms with Crippen LogP contribution in [-0.4, -0.2) is 30.2 Å². The van der Waals surface area contributed by atoms with Gasteiger partial charge in [0.15, 0.2) is 0 Å². The molecule has 1 aromatic rings. The van der Waals surface area contributed by atoms with Crippen molar-refractivity contribution in [2.24, 2.45) is 0 Å². The number of nitrogens with one attached hydrogen (secondary N) is 1. The number of hydrogen-bond acceptors (Lipinski definition) is 3. The zero-order valence-corrected chi connectivity index (χ0v) is 9.76. The van der Waals surface area contributed by atoms with Crippen LogP contribution in [0.1, 0.15) is 23.1 Å². The second kappa shape index (κ2) is 5.01. The summed E-state index contributed by atoms with van der Waals surface area (Å²) >= 11 is 2.00. The van der Waals surface area contributed by atoms with E-state index in [1.54, 1.807) is 0 Å². The molecule has 1 saturated heterocycles. The monoisotopic (exact) mass is 223 g/mol. The maximum absolute atomic E-state index is 9.75. The van der Waals surface area contributed by atoms with Crippen molar-refractivity contribution in [2.45, 2.75) is 12.0 Å². The maximum Gasteiger partial charge on any atom is 0.0914 e. The van der Waals surface area contributed by atoms with E-state index < -0.39 is 0 Å². The molecule has 1 aliphatic heterocycles. The predicted octanol–water partition coefficient (Wildman–Crippen LogP) is 1.77. The zero-order valence-electron chi connectivity index (χ0n) is 8.94. The van der Waals surface area contributed by atoms with Gasteiger partial charge in [0.2, 0.25) is 0 Å². The molecule has 1 aromatic carbocycles. The highest BCUT2D eigenvalue weighted by Gasteiger charge is 2.20. The molecular weight excluding hydrogens is 206 g/mol. The summed E-state index contributed by atoms with van der Waals surface area (Å²) in [4.78, 5) is 0. The Morgan fingerprint density at radius 3 is 2.53 bits per heavy atom. The van der Waals surface area contributed by atoms with Crippen LogP contribution in [0.5, 0.6) is 0 Å². The lowest BCUT2D eigenvalue weighted by Crippen LogP contribution is -2.17. The quantitative estimate of drug-likeness (QED) is 0.816. The van der Waals surface area contributed by atoms with Gasteiger partial charge in [0.1, 0.15) is 0 Å². The first kappa shape index (κ1) is 11.0. The molecule has 82 valence electrons. The molecule has 1 aliphatic rings. The Balaban J connectivity index is 2.02. The SMILES string of the molecule is CNCC(O)c1ccc(C2CSC2)cc1. The molecule has 0 saturated carbocycles. The third kappa shape index (κ3) is 2.54. The van der Waals surface area contributed by atoms with Gasteiger partial charge in [-0.3, -0.25) is 0 Å². The van der Waals surface area contributed by atoms with Crippen molar-refractivity contribution >= 4 is 11.8 Å². The predicted molar refractivity (Wildman–Crippen MR) is 65.4 cm³/mol. The molecular formula is C12H17NOS. The summed E-state index contributed by atoms with van der Waals surface area (Å²) in [6.07, 6.45) is -0.389. The van der Waals surface area contributed by atoms with Crippen molar-refractivity contribution in [2.75, 3.05) is 25.1 Å². The molecule has 2 nitrogen and oxygen atoms in total. The lowest BCUT2D eigenvalue weighted by molar-refractivity contribution is 0.178. The fourth-order valence-electron chi connectivity index (χ4n) is 1.73. The van der Waals surface area contributed by atoms with Crippen molar-refractivity contribution in [1.82, 2.24) is 5.32 Å². The molecule has 2 rings (SSSR count). The van der Waals surface area contributed by atoms with Gasteiger partial charge in [0.05, 0.1) is 6.10 Å². The van der Waals surface area contributed by atoms with Crippen LogP contribution in [0, 0.1) is 0 Å². The zero-order chi connectivity index (χ0) is 10.7. The molecule has 0 aromatic heterocycles. The molecule has 1 unspecified atom stereocenters. The van der Waals surface area contributed by atoms with E-state index in [1.807, 2.05) is 30.9 Å². The van der Waals surface area contributed by atoms with E-state index in [-0.39, 0.29) is 6.10 Å². The van der Waals surface area contributed by atoms with E-state index in [0.29, 0.717) is 6.54 Å². The highest BCUT2D eigenvalue weighted by atomic mass is 32.2. The summed E-state index contributed by atoms with van der Waals surface area (Å²) in [5, 5.41) is 12.7. The van der Waals surface area contributed by atoms with Crippen molar-refractivity contribution < 1.29 is 5.11 Å². The second-order valence-corrected chi connectivity index (χ2v) is 5.05. The van der Waals surface area contributed by atoms with Crippen molar-refractivity contribution in [3.63, 3.8) is 0 Å². The van der Waals surface area contributed by atoms with Crippen LogP contribution in [0.25, 0.3) is 0 Å². The molecule has 0 amide bonds. The van der Waals surface area contributed by atoms with Gasteiger partial charge < -0.3 is 10.4 Å². The minimum Gasteiger partial charge on any atom is -0.387 e. The van der Waals surface area contributed by atoms with E-state index in [1.165, 1.54) is 17.1 Å². The topological polar surface area (TPSA) is 32.3 Å². The van der Waals surface area contributed by atoms with Crippen LogP contribution < -0.4 is 5.32 Å². The van der Waals surface area contributed by atoms with Crippen molar-refractivity contribution in [3.05, 3.63) is 35.4 Å². The van der Waals surface area contributed by atoms with Crippen molar-refractivity contribution in [3.8, 4) is 0 Å². The van der Waals surface area contributed by atoms with Crippen LogP contribution >= 0.6 is 11.8 Å². The first-order valence-electron chi connectivity index (χ1n) is 5.31. The summed E-state index contributed by atoms with van der Waals surface area (Å²) in [6, 6.07) is 8.39. The van der Waals surface area contributed by atoms with E-state index in [4.69, 9.17) is 0 Å². The van der Waals surface area contributed by atoms with E-state index in [2.05, 4.69) is 17.4 Å². The fourth-order valence-corrected chi connectivity index (χ4v) is 2.59. The van der Waals surface area contributed by atoms with E-state index in [0.717, 1.165) is 11.5 Å². The number of aliphatic hydroxyl groups excluding tert-OH is 1. The molecule has 15 heavy (non-hydrogen) atoms. The Bertz CT molecular complexity index is 308. The molecule has 0 radical (unpaired) electrons. The van der Waals surface area contributed by atoms with Crippen LogP contribution in [-0.2, 0) is 0 Å².